The number of aliphatic hydroxyl groups is 1. The van der Waals surface area contributed by atoms with Gasteiger partial charge in [0, 0.05) is 13.1 Å². The third-order valence-corrected chi connectivity index (χ3v) is 5.91. The maximum absolute atomic E-state index is 13.4. The average molecular weight is 363 g/mol. The maximum atomic E-state index is 13.4. The van der Waals surface area contributed by atoms with Gasteiger partial charge in [0.2, 0.25) is 0 Å². The molecule has 0 saturated heterocycles. The zero-order chi connectivity index (χ0) is 18.6. The summed E-state index contributed by atoms with van der Waals surface area (Å²) in [6.45, 7) is 6.94. The molecule has 4 rings (SSSR count). The standard InChI is InChI=1S/C21H30FNO3/c1-21(2)16-8-7-15(18(21)11-16)13-25-14-17(24)12-23-9-10-26-20-6-4-3-5-19(20)22/h3-7,16-18,23-24H,8-14H2,1-2H3/t16-,17-,18-/m1/s1. The summed E-state index contributed by atoms with van der Waals surface area (Å²) in [5.74, 6) is 1.36. The van der Waals surface area contributed by atoms with E-state index < -0.39 is 6.10 Å². The van der Waals surface area contributed by atoms with Crippen molar-refractivity contribution in [3.05, 3.63) is 41.7 Å². The molecule has 4 nitrogen and oxygen atoms in total. The summed E-state index contributed by atoms with van der Waals surface area (Å²) in [5, 5.41) is 13.1. The average Bonchev–Trinajstić information content (AvgIpc) is 2.63. The second-order valence-electron chi connectivity index (χ2n) is 7.97. The molecule has 0 radical (unpaired) electrons. The summed E-state index contributed by atoms with van der Waals surface area (Å²) in [7, 11) is 0. The minimum Gasteiger partial charge on any atom is -0.489 e. The van der Waals surface area contributed by atoms with Crippen LogP contribution in [0.2, 0.25) is 0 Å². The van der Waals surface area contributed by atoms with Gasteiger partial charge in [-0.15, -0.1) is 0 Å². The van der Waals surface area contributed by atoms with Crippen molar-refractivity contribution in [2.24, 2.45) is 17.3 Å². The van der Waals surface area contributed by atoms with Gasteiger partial charge in [-0.3, -0.25) is 0 Å². The van der Waals surface area contributed by atoms with E-state index in [1.54, 1.807) is 18.2 Å². The first-order chi connectivity index (χ1) is 12.5. The first-order valence-corrected chi connectivity index (χ1v) is 9.51. The summed E-state index contributed by atoms with van der Waals surface area (Å²) >= 11 is 0. The molecule has 1 aromatic carbocycles. The van der Waals surface area contributed by atoms with E-state index >= 15 is 0 Å². The number of nitrogens with one attached hydrogen (secondary N) is 1. The summed E-state index contributed by atoms with van der Waals surface area (Å²) in [5.41, 5.74) is 1.81. The molecule has 2 bridgehead atoms. The van der Waals surface area contributed by atoms with Gasteiger partial charge >= 0.3 is 0 Å². The highest BCUT2D eigenvalue weighted by molar-refractivity contribution is 5.24. The number of benzene rings is 1. The third kappa shape index (κ3) is 4.45. The summed E-state index contributed by atoms with van der Waals surface area (Å²) < 4.78 is 24.5. The molecule has 0 heterocycles. The fourth-order valence-corrected chi connectivity index (χ4v) is 4.08. The first kappa shape index (κ1) is 19.3. The Kier molecular flexibility index (Phi) is 6.33. The zero-order valence-electron chi connectivity index (χ0n) is 15.7. The van der Waals surface area contributed by atoms with Gasteiger partial charge in [0.25, 0.3) is 0 Å². The van der Waals surface area contributed by atoms with Crippen molar-refractivity contribution >= 4 is 0 Å². The van der Waals surface area contributed by atoms with Gasteiger partial charge in [0.1, 0.15) is 6.61 Å². The summed E-state index contributed by atoms with van der Waals surface area (Å²) in [6, 6.07) is 6.34. The fourth-order valence-electron chi connectivity index (χ4n) is 4.08. The Labute approximate surface area is 155 Å². The van der Waals surface area contributed by atoms with Crippen LogP contribution in [0.1, 0.15) is 26.7 Å². The molecule has 1 saturated carbocycles. The molecule has 144 valence electrons. The number of allylic oxidation sites excluding steroid dienone is 1. The number of hydrogen-bond donors (Lipinski definition) is 2. The Morgan fingerprint density at radius 1 is 1.35 bits per heavy atom. The number of halogens is 1. The Hall–Kier alpha value is -1.43. The van der Waals surface area contributed by atoms with Crippen LogP contribution in [0.3, 0.4) is 0 Å². The molecule has 0 aromatic heterocycles. The number of rotatable bonds is 10. The minimum absolute atomic E-state index is 0.250. The highest BCUT2D eigenvalue weighted by Gasteiger charge is 2.50. The lowest BCUT2D eigenvalue weighted by molar-refractivity contribution is -0.0235. The molecular formula is C21H30FNO3. The van der Waals surface area contributed by atoms with Crippen LogP contribution in [0.5, 0.6) is 5.75 Å². The van der Waals surface area contributed by atoms with Crippen molar-refractivity contribution in [1.82, 2.24) is 5.32 Å². The molecule has 0 aliphatic heterocycles. The van der Waals surface area contributed by atoms with Crippen LogP contribution in [0.15, 0.2) is 35.9 Å². The normalized spacial score (nSPS) is 24.5. The van der Waals surface area contributed by atoms with Gasteiger partial charge in [0.15, 0.2) is 11.6 Å². The molecule has 2 N–H and O–H groups in total. The van der Waals surface area contributed by atoms with E-state index in [1.807, 2.05) is 0 Å². The molecule has 3 aliphatic rings. The van der Waals surface area contributed by atoms with Crippen molar-refractivity contribution in [2.75, 3.05) is 32.9 Å². The lowest BCUT2D eigenvalue weighted by Gasteiger charge is -2.56. The van der Waals surface area contributed by atoms with E-state index in [0.29, 0.717) is 44.2 Å². The quantitative estimate of drug-likeness (QED) is 0.495. The molecule has 5 heteroatoms. The predicted molar refractivity (Wildman–Crippen MR) is 99.7 cm³/mol. The zero-order valence-corrected chi connectivity index (χ0v) is 15.7. The van der Waals surface area contributed by atoms with Crippen LogP contribution in [-0.4, -0.2) is 44.1 Å². The smallest absolute Gasteiger partial charge is 0.165 e. The minimum atomic E-state index is -0.560. The van der Waals surface area contributed by atoms with E-state index in [4.69, 9.17) is 9.47 Å². The van der Waals surface area contributed by atoms with Crippen molar-refractivity contribution in [3.63, 3.8) is 0 Å². The van der Waals surface area contributed by atoms with Crippen molar-refractivity contribution in [1.29, 1.82) is 0 Å². The van der Waals surface area contributed by atoms with Gasteiger partial charge in [-0.1, -0.05) is 32.1 Å². The summed E-state index contributed by atoms with van der Waals surface area (Å²) in [6.07, 6.45) is 4.21. The molecule has 3 aliphatic carbocycles. The number of fused-ring (bicyclic) bond motifs is 1. The Morgan fingerprint density at radius 3 is 2.88 bits per heavy atom. The van der Waals surface area contributed by atoms with Crippen LogP contribution in [0.4, 0.5) is 4.39 Å². The molecule has 0 spiro atoms. The van der Waals surface area contributed by atoms with Crippen LogP contribution < -0.4 is 10.1 Å². The van der Waals surface area contributed by atoms with Crippen molar-refractivity contribution in [3.8, 4) is 5.75 Å². The Balaban J connectivity index is 1.25. The van der Waals surface area contributed by atoms with Gasteiger partial charge in [-0.05, 0) is 47.8 Å². The van der Waals surface area contributed by atoms with Gasteiger partial charge < -0.3 is 19.9 Å². The third-order valence-electron chi connectivity index (χ3n) is 5.91. The lowest BCUT2D eigenvalue weighted by Crippen LogP contribution is -2.48. The Bertz CT molecular complexity index is 631. The SMILES string of the molecule is CC1(C)[C@@H]2CC=C(COC[C@H](O)CNCCOc3ccccc3F)[C@H]1C2. The molecule has 1 fully saturated rings. The molecule has 1 aromatic rings. The first-order valence-electron chi connectivity index (χ1n) is 9.51. The molecule has 0 unspecified atom stereocenters. The molecule has 0 amide bonds. The monoisotopic (exact) mass is 363 g/mol. The van der Waals surface area contributed by atoms with Gasteiger partial charge in [-0.25, -0.2) is 4.39 Å². The molecule has 3 atom stereocenters. The Morgan fingerprint density at radius 2 is 2.15 bits per heavy atom. The number of aliphatic hydroxyl groups excluding tert-OH is 1. The molecular weight excluding hydrogens is 333 g/mol. The van der Waals surface area contributed by atoms with E-state index in [1.165, 1.54) is 18.1 Å². The van der Waals surface area contributed by atoms with Crippen molar-refractivity contribution in [2.45, 2.75) is 32.8 Å². The number of hydrogen-bond acceptors (Lipinski definition) is 4. The lowest BCUT2D eigenvalue weighted by atomic mass is 9.49. The van der Waals surface area contributed by atoms with Crippen LogP contribution in [0.25, 0.3) is 0 Å². The van der Waals surface area contributed by atoms with Crippen LogP contribution in [-0.2, 0) is 4.74 Å². The van der Waals surface area contributed by atoms with E-state index in [-0.39, 0.29) is 11.6 Å². The highest BCUT2D eigenvalue weighted by atomic mass is 19.1. The van der Waals surface area contributed by atoms with E-state index in [2.05, 4.69) is 25.2 Å². The van der Waals surface area contributed by atoms with E-state index in [9.17, 15) is 9.50 Å². The van der Waals surface area contributed by atoms with Crippen molar-refractivity contribution < 1.29 is 19.0 Å². The molecule has 26 heavy (non-hydrogen) atoms. The summed E-state index contributed by atoms with van der Waals surface area (Å²) in [4.78, 5) is 0. The van der Waals surface area contributed by atoms with Gasteiger partial charge in [-0.2, -0.15) is 0 Å². The van der Waals surface area contributed by atoms with Crippen LogP contribution in [0, 0.1) is 23.1 Å². The maximum Gasteiger partial charge on any atom is 0.165 e. The van der Waals surface area contributed by atoms with Gasteiger partial charge in [0.05, 0.1) is 19.3 Å². The fraction of sp³-hybridized carbons (Fsp3) is 0.619. The van der Waals surface area contributed by atoms with E-state index in [0.717, 1.165) is 12.3 Å². The number of ether oxygens (including phenoxy) is 2. The number of para-hydroxylation sites is 1. The second kappa shape index (κ2) is 8.51. The largest absolute Gasteiger partial charge is 0.489 e. The second-order valence-corrected chi connectivity index (χ2v) is 7.97. The van der Waals surface area contributed by atoms with Crippen LogP contribution >= 0.6 is 0 Å². The topological polar surface area (TPSA) is 50.7 Å². The predicted octanol–water partition coefficient (Wildman–Crippen LogP) is 3.16. The highest BCUT2D eigenvalue weighted by Crippen LogP contribution is 2.59.